The Morgan fingerprint density at radius 2 is 1.76 bits per heavy atom. The van der Waals surface area contributed by atoms with Gasteiger partial charge < -0.3 is 4.90 Å². The lowest BCUT2D eigenvalue weighted by Crippen LogP contribution is -2.54. The van der Waals surface area contributed by atoms with Crippen LogP contribution in [0.25, 0.3) is 0 Å². The highest BCUT2D eigenvalue weighted by molar-refractivity contribution is 6.31. The summed E-state index contributed by atoms with van der Waals surface area (Å²) in [7, 11) is 0. The number of carbonyl (C=O) groups excluding carboxylic acids is 1. The van der Waals surface area contributed by atoms with E-state index in [1.165, 1.54) is 5.56 Å². The van der Waals surface area contributed by atoms with Gasteiger partial charge in [0.05, 0.1) is 17.1 Å². The number of benzene rings is 3. The lowest BCUT2D eigenvalue weighted by Gasteiger charge is -2.53. The number of carbonyl (C=O) groups is 1. The second-order valence-electron chi connectivity index (χ2n) is 11.9. The summed E-state index contributed by atoms with van der Waals surface area (Å²) in [5.74, 6) is 0.00626. The quantitative estimate of drug-likeness (QED) is 0.298. The second-order valence-corrected chi connectivity index (χ2v) is 12.8. The van der Waals surface area contributed by atoms with Gasteiger partial charge in [0, 0.05) is 61.8 Å². The van der Waals surface area contributed by atoms with E-state index in [1.54, 1.807) is 19.1 Å². The Kier molecular flexibility index (Phi) is 8.43. The van der Waals surface area contributed by atoms with Crippen LogP contribution in [-0.4, -0.2) is 72.6 Å². The van der Waals surface area contributed by atoms with Crippen LogP contribution in [0.1, 0.15) is 54.0 Å². The molecule has 0 saturated carbocycles. The summed E-state index contributed by atoms with van der Waals surface area (Å²) in [4.78, 5) is 23.7. The third kappa shape index (κ3) is 5.50. The number of fused-ring (bicyclic) bond motifs is 2. The predicted molar refractivity (Wildman–Crippen MR) is 169 cm³/mol. The van der Waals surface area contributed by atoms with Gasteiger partial charge in [0.15, 0.2) is 0 Å². The summed E-state index contributed by atoms with van der Waals surface area (Å²) < 4.78 is 15.0. The number of aliphatic imine (C=N–C) groups is 1. The van der Waals surface area contributed by atoms with Crippen LogP contribution >= 0.6 is 23.2 Å². The molecule has 0 unspecified atom stereocenters. The van der Waals surface area contributed by atoms with Gasteiger partial charge in [-0.1, -0.05) is 47.5 Å². The fraction of sp³-hybridized carbons (Fsp3) is 0.412. The summed E-state index contributed by atoms with van der Waals surface area (Å²) in [5.41, 5.74) is 4.68. The molecule has 6 rings (SSSR count). The van der Waals surface area contributed by atoms with E-state index in [2.05, 4.69) is 41.1 Å². The maximum atomic E-state index is 15.0. The summed E-state index contributed by atoms with van der Waals surface area (Å²) in [5, 5.41) is 1.36. The number of hydrogen-bond acceptors (Lipinski definition) is 4. The van der Waals surface area contributed by atoms with Gasteiger partial charge in [0.2, 0.25) is 5.91 Å². The predicted octanol–water partition coefficient (Wildman–Crippen LogP) is 7.18. The van der Waals surface area contributed by atoms with Gasteiger partial charge in [-0.05, 0) is 91.5 Å². The Bertz CT molecular complexity index is 1500. The Labute approximate surface area is 257 Å². The topological polar surface area (TPSA) is 39.2 Å². The first-order valence-electron chi connectivity index (χ1n) is 14.8. The number of aryl methyl sites for hydroxylation is 1. The zero-order chi connectivity index (χ0) is 29.4. The van der Waals surface area contributed by atoms with Crippen molar-refractivity contribution in [3.63, 3.8) is 0 Å². The molecule has 1 amide bonds. The van der Waals surface area contributed by atoms with Crippen LogP contribution in [0, 0.1) is 12.7 Å². The van der Waals surface area contributed by atoms with Crippen molar-refractivity contribution in [1.29, 1.82) is 0 Å². The van der Waals surface area contributed by atoms with Crippen LogP contribution in [0.3, 0.4) is 0 Å². The third-order valence-electron chi connectivity index (χ3n) is 9.47. The third-order valence-corrected chi connectivity index (χ3v) is 9.94. The maximum Gasteiger partial charge on any atom is 0.219 e. The van der Waals surface area contributed by atoms with Gasteiger partial charge in [-0.25, -0.2) is 4.39 Å². The lowest BCUT2D eigenvalue weighted by atomic mass is 9.59. The molecule has 8 heteroatoms. The lowest BCUT2D eigenvalue weighted by molar-refractivity contribution is -0.130. The molecular formula is C34H37Cl2FN4O. The van der Waals surface area contributed by atoms with E-state index in [4.69, 9.17) is 28.2 Å². The van der Waals surface area contributed by atoms with Crippen molar-refractivity contribution < 1.29 is 9.18 Å². The average Bonchev–Trinajstić information content (AvgIpc) is 3.33. The molecule has 3 aromatic carbocycles. The Morgan fingerprint density at radius 1 is 0.976 bits per heavy atom. The first kappa shape index (κ1) is 29.3. The van der Waals surface area contributed by atoms with E-state index < -0.39 is 5.41 Å². The minimum Gasteiger partial charge on any atom is -0.340 e. The summed E-state index contributed by atoms with van der Waals surface area (Å²) in [6.45, 7) is 9.78. The van der Waals surface area contributed by atoms with Crippen LogP contribution in [0.2, 0.25) is 10.0 Å². The molecule has 5 nitrogen and oxygen atoms in total. The first-order chi connectivity index (χ1) is 20.3. The molecule has 3 atom stereocenters. The summed E-state index contributed by atoms with van der Waals surface area (Å²) in [6, 6.07) is 19.2. The van der Waals surface area contributed by atoms with Crippen molar-refractivity contribution >= 4 is 41.0 Å². The van der Waals surface area contributed by atoms with Crippen LogP contribution in [0.5, 0.6) is 0 Å². The fourth-order valence-corrected chi connectivity index (χ4v) is 7.79. The number of piperidine rings is 1. The molecule has 2 saturated heterocycles. The number of hydrogen-bond donors (Lipinski definition) is 0. The molecule has 0 bridgehead atoms. The van der Waals surface area contributed by atoms with Gasteiger partial charge >= 0.3 is 0 Å². The molecule has 3 aliphatic heterocycles. The van der Waals surface area contributed by atoms with E-state index in [0.717, 1.165) is 81.0 Å². The van der Waals surface area contributed by atoms with E-state index in [0.29, 0.717) is 10.0 Å². The standard InChI is InChI=1S/C34H37Cl2FN4O/c1-23-7-9-28(37)21-29(23)33-34(22-38-32-20-27(36)8-10-31(32)34)30(25-5-3-6-26(35)19-25)11-14-41(33)13-4-12-39-15-17-40(18-16-39)24(2)42/h3,5-10,19-22,30,33H,4,11-18H2,1-2H3/t30-,33+,34-/m0/s1. The smallest absolute Gasteiger partial charge is 0.219 e. The van der Waals surface area contributed by atoms with E-state index in [1.807, 2.05) is 35.2 Å². The van der Waals surface area contributed by atoms with E-state index in [9.17, 15) is 9.18 Å². The molecule has 42 heavy (non-hydrogen) atoms. The molecule has 1 spiro atoms. The first-order valence-corrected chi connectivity index (χ1v) is 15.6. The summed E-state index contributed by atoms with van der Waals surface area (Å²) in [6.07, 6.45) is 4.01. The van der Waals surface area contributed by atoms with Gasteiger partial charge in [0.1, 0.15) is 5.82 Å². The van der Waals surface area contributed by atoms with Gasteiger partial charge in [-0.3, -0.25) is 19.6 Å². The van der Waals surface area contributed by atoms with Crippen molar-refractivity contribution in [3.8, 4) is 0 Å². The SMILES string of the molecule is CC(=O)N1CCN(CCCN2CC[C@@H](c3cccc(Cl)c3)[C@]3(C=Nc4cc(Cl)ccc43)[C@H]2c2cc(F)ccc2C)CC1. The highest BCUT2D eigenvalue weighted by atomic mass is 35.5. The van der Waals surface area contributed by atoms with Crippen molar-refractivity contribution in [3.05, 3.63) is 98.8 Å². The molecule has 3 aromatic rings. The van der Waals surface area contributed by atoms with E-state index >= 15 is 0 Å². The molecular weight excluding hydrogens is 570 g/mol. The highest BCUT2D eigenvalue weighted by Crippen LogP contribution is 2.59. The Balaban J connectivity index is 1.39. The normalized spacial score (nSPS) is 24.4. The van der Waals surface area contributed by atoms with Gasteiger partial charge in [-0.15, -0.1) is 0 Å². The highest BCUT2D eigenvalue weighted by Gasteiger charge is 2.55. The van der Waals surface area contributed by atoms with Crippen LogP contribution in [0.15, 0.2) is 65.7 Å². The van der Waals surface area contributed by atoms with Crippen molar-refractivity contribution in [2.75, 3.05) is 45.8 Å². The average molecular weight is 608 g/mol. The molecule has 220 valence electrons. The van der Waals surface area contributed by atoms with Crippen LogP contribution in [-0.2, 0) is 10.2 Å². The molecule has 0 radical (unpaired) electrons. The second kappa shape index (κ2) is 12.1. The largest absolute Gasteiger partial charge is 0.340 e. The molecule has 0 aliphatic carbocycles. The zero-order valence-electron chi connectivity index (χ0n) is 24.2. The number of piperazine rings is 1. The Morgan fingerprint density at radius 3 is 2.52 bits per heavy atom. The number of nitrogens with zero attached hydrogens (tertiary/aromatic N) is 4. The maximum absolute atomic E-state index is 15.0. The number of rotatable bonds is 6. The van der Waals surface area contributed by atoms with Crippen LogP contribution < -0.4 is 0 Å². The van der Waals surface area contributed by atoms with Crippen molar-refractivity contribution in [2.45, 2.75) is 44.1 Å². The molecule has 0 aromatic heterocycles. The minimum atomic E-state index is -0.533. The molecule has 3 aliphatic rings. The monoisotopic (exact) mass is 606 g/mol. The summed E-state index contributed by atoms with van der Waals surface area (Å²) >= 11 is 13.0. The molecule has 0 N–H and O–H groups in total. The van der Waals surface area contributed by atoms with Crippen molar-refractivity contribution in [2.24, 2.45) is 4.99 Å². The van der Waals surface area contributed by atoms with Crippen LogP contribution in [0.4, 0.5) is 10.1 Å². The number of amides is 1. The fourth-order valence-electron chi connectivity index (χ4n) is 7.43. The molecule has 3 heterocycles. The van der Waals surface area contributed by atoms with E-state index in [-0.39, 0.29) is 23.7 Å². The molecule has 2 fully saturated rings. The van der Waals surface area contributed by atoms with Crippen molar-refractivity contribution in [1.82, 2.24) is 14.7 Å². The Hall–Kier alpha value is -2.77. The van der Waals surface area contributed by atoms with Gasteiger partial charge in [-0.2, -0.15) is 0 Å². The van der Waals surface area contributed by atoms with Gasteiger partial charge in [0.25, 0.3) is 0 Å². The number of likely N-dealkylation sites (tertiary alicyclic amines) is 1. The number of halogens is 3. The zero-order valence-corrected chi connectivity index (χ0v) is 25.7. The minimum absolute atomic E-state index is 0.0888.